The molecule has 0 radical (unpaired) electrons. The lowest BCUT2D eigenvalue weighted by molar-refractivity contribution is 0.812. The average Bonchev–Trinajstić information content (AvgIpc) is 2.31. The summed E-state index contributed by atoms with van der Waals surface area (Å²) in [5.74, 6) is 0. The van der Waals surface area contributed by atoms with Crippen LogP contribution in [0.5, 0.6) is 0 Å². The molecule has 0 amide bonds. The fourth-order valence-corrected chi connectivity index (χ4v) is 0.947. The Bertz CT molecular complexity index is 182. The smallest absolute Gasteiger partial charge is 0.0831 e. The van der Waals surface area contributed by atoms with Gasteiger partial charge in [-0.2, -0.15) is 15.7 Å². The fraction of sp³-hybridized carbons (Fsp3) is 0.500. The van der Waals surface area contributed by atoms with Gasteiger partial charge in [0.25, 0.3) is 0 Å². The maximum atomic E-state index is 7.35. The van der Waals surface area contributed by atoms with Gasteiger partial charge >= 0.3 is 0 Å². The molecule has 4 nitrogen and oxygen atoms in total. The minimum atomic E-state index is 0.621. The van der Waals surface area contributed by atoms with E-state index in [-0.39, 0.29) is 0 Å². The predicted octanol–water partition coefficient (Wildman–Crippen LogP) is 0.751. The number of hydrogen-bond donors (Lipinski definition) is 2. The van der Waals surface area contributed by atoms with E-state index in [1.807, 2.05) is 0 Å². The Morgan fingerprint density at radius 2 is 2.30 bits per heavy atom. The Labute approximate surface area is 59.5 Å². The van der Waals surface area contributed by atoms with E-state index >= 15 is 0 Å². The van der Waals surface area contributed by atoms with Crippen molar-refractivity contribution >= 4 is 18.1 Å². The monoisotopic (exact) mass is 138 g/mol. The highest BCUT2D eigenvalue weighted by atomic mass is 15.5. The van der Waals surface area contributed by atoms with Crippen molar-refractivity contribution in [1.29, 1.82) is 5.41 Å². The highest BCUT2D eigenvalue weighted by molar-refractivity contribution is 6.42. The van der Waals surface area contributed by atoms with E-state index in [4.69, 9.17) is 5.41 Å². The highest BCUT2D eigenvalue weighted by Gasteiger charge is 2.14. The van der Waals surface area contributed by atoms with Crippen molar-refractivity contribution < 1.29 is 0 Å². The molecule has 4 heteroatoms. The zero-order chi connectivity index (χ0) is 7.40. The van der Waals surface area contributed by atoms with Crippen LogP contribution >= 0.6 is 0 Å². The number of rotatable bonds is 2. The molecule has 1 aliphatic rings. The van der Waals surface area contributed by atoms with Gasteiger partial charge in [-0.15, -0.1) is 0 Å². The summed E-state index contributed by atoms with van der Waals surface area (Å²) in [4.78, 5) is 0. The summed E-state index contributed by atoms with van der Waals surface area (Å²) in [5, 5.41) is 14.5. The summed E-state index contributed by atoms with van der Waals surface area (Å²) in [6.07, 6.45) is 2.77. The molecule has 1 fully saturated rings. The maximum Gasteiger partial charge on any atom is 0.0831 e. The van der Waals surface area contributed by atoms with Crippen LogP contribution in [-0.2, 0) is 0 Å². The number of hydrazone groups is 2. The van der Waals surface area contributed by atoms with Gasteiger partial charge in [0.15, 0.2) is 0 Å². The molecule has 1 aliphatic carbocycles. The molecular weight excluding hydrogens is 128 g/mol. The second-order valence-electron chi connectivity index (χ2n) is 2.15. The number of nitrogens with zero attached hydrogens (tertiary/aromatic N) is 2. The van der Waals surface area contributed by atoms with Crippen molar-refractivity contribution in [3.8, 4) is 0 Å². The van der Waals surface area contributed by atoms with E-state index in [2.05, 4.69) is 22.5 Å². The Hall–Kier alpha value is -1.19. The Morgan fingerprint density at radius 1 is 1.50 bits per heavy atom. The van der Waals surface area contributed by atoms with E-state index in [9.17, 15) is 0 Å². The van der Waals surface area contributed by atoms with Crippen LogP contribution < -0.4 is 5.53 Å². The lowest BCUT2D eigenvalue weighted by Gasteiger charge is -1.92. The molecule has 10 heavy (non-hydrogen) atoms. The second-order valence-corrected chi connectivity index (χ2v) is 2.15. The third-order valence-corrected chi connectivity index (χ3v) is 1.44. The maximum absolute atomic E-state index is 7.35. The normalized spacial score (nSPS) is 21.6. The third kappa shape index (κ3) is 1.40. The molecule has 0 aromatic rings. The standard InChI is InChI=1S/C6H10N4/c1-8-10-9-6-4-2-3-5(6)7/h7,10H,1-4H2. The first-order valence-electron chi connectivity index (χ1n) is 3.19. The van der Waals surface area contributed by atoms with Crippen molar-refractivity contribution in [1.82, 2.24) is 5.53 Å². The number of nitrogens with one attached hydrogen (secondary N) is 2. The molecule has 2 N–H and O–H groups in total. The van der Waals surface area contributed by atoms with Gasteiger partial charge < -0.3 is 5.41 Å². The van der Waals surface area contributed by atoms with E-state index < -0.39 is 0 Å². The first-order valence-corrected chi connectivity index (χ1v) is 3.19. The molecule has 1 rings (SSSR count). The number of hydrogen-bond acceptors (Lipinski definition) is 4. The summed E-state index contributed by atoms with van der Waals surface area (Å²) in [5.41, 5.74) is 3.82. The van der Waals surface area contributed by atoms with Gasteiger partial charge in [-0.05, 0) is 19.3 Å². The van der Waals surface area contributed by atoms with Gasteiger partial charge in [-0.1, -0.05) is 0 Å². The predicted molar refractivity (Wildman–Crippen MR) is 41.7 cm³/mol. The van der Waals surface area contributed by atoms with E-state index in [1.165, 1.54) is 0 Å². The Balaban J connectivity index is 2.53. The summed E-state index contributed by atoms with van der Waals surface area (Å²) >= 11 is 0. The van der Waals surface area contributed by atoms with Gasteiger partial charge in [0, 0.05) is 6.72 Å². The van der Waals surface area contributed by atoms with Crippen LogP contribution in [0.1, 0.15) is 19.3 Å². The van der Waals surface area contributed by atoms with Crippen molar-refractivity contribution in [2.45, 2.75) is 19.3 Å². The lowest BCUT2D eigenvalue weighted by atomic mass is 10.3. The molecule has 0 aromatic carbocycles. The van der Waals surface area contributed by atoms with E-state index in [0.717, 1.165) is 25.0 Å². The van der Waals surface area contributed by atoms with Gasteiger partial charge in [-0.25, -0.2) is 0 Å². The summed E-state index contributed by atoms with van der Waals surface area (Å²) in [6, 6.07) is 0. The van der Waals surface area contributed by atoms with Crippen LogP contribution in [0.15, 0.2) is 10.2 Å². The quantitative estimate of drug-likeness (QED) is 0.429. The Morgan fingerprint density at radius 3 is 2.80 bits per heavy atom. The zero-order valence-electron chi connectivity index (χ0n) is 5.72. The van der Waals surface area contributed by atoms with Gasteiger partial charge in [-0.3, -0.25) is 0 Å². The van der Waals surface area contributed by atoms with Crippen molar-refractivity contribution in [3.63, 3.8) is 0 Å². The van der Waals surface area contributed by atoms with Gasteiger partial charge in [0.1, 0.15) is 0 Å². The van der Waals surface area contributed by atoms with Crippen LogP contribution in [-0.4, -0.2) is 18.1 Å². The Kier molecular flexibility index (Phi) is 2.15. The summed E-state index contributed by atoms with van der Waals surface area (Å²) < 4.78 is 0. The molecule has 0 saturated heterocycles. The van der Waals surface area contributed by atoms with Crippen LogP contribution in [0, 0.1) is 5.41 Å². The minimum Gasteiger partial charge on any atom is -0.303 e. The molecule has 54 valence electrons. The van der Waals surface area contributed by atoms with Gasteiger partial charge in [0.05, 0.1) is 11.4 Å². The molecule has 0 heterocycles. The average molecular weight is 138 g/mol. The molecule has 0 aromatic heterocycles. The first kappa shape index (κ1) is 6.92. The van der Waals surface area contributed by atoms with Gasteiger partial charge in [0.2, 0.25) is 0 Å². The zero-order valence-corrected chi connectivity index (χ0v) is 5.72. The van der Waals surface area contributed by atoms with Crippen LogP contribution in [0.25, 0.3) is 0 Å². The minimum absolute atomic E-state index is 0.621. The molecule has 0 bridgehead atoms. The molecule has 0 atom stereocenters. The molecular formula is C6H10N4. The third-order valence-electron chi connectivity index (χ3n) is 1.44. The lowest BCUT2D eigenvalue weighted by Crippen LogP contribution is -2.08. The SMILES string of the molecule is C=NNN=C1CCCC1=N. The fourth-order valence-electron chi connectivity index (χ4n) is 0.947. The van der Waals surface area contributed by atoms with E-state index in [1.54, 1.807) is 0 Å². The van der Waals surface area contributed by atoms with Crippen molar-refractivity contribution in [2.24, 2.45) is 10.2 Å². The second kappa shape index (κ2) is 3.10. The molecule has 1 saturated carbocycles. The highest BCUT2D eigenvalue weighted by Crippen LogP contribution is 2.10. The summed E-state index contributed by atoms with van der Waals surface area (Å²) in [6.45, 7) is 3.21. The summed E-state index contributed by atoms with van der Waals surface area (Å²) in [7, 11) is 0. The molecule has 0 spiro atoms. The topological polar surface area (TPSA) is 60.6 Å². The largest absolute Gasteiger partial charge is 0.303 e. The van der Waals surface area contributed by atoms with Crippen LogP contribution in [0.3, 0.4) is 0 Å². The van der Waals surface area contributed by atoms with Crippen LogP contribution in [0.2, 0.25) is 0 Å². The van der Waals surface area contributed by atoms with Crippen molar-refractivity contribution in [2.75, 3.05) is 0 Å². The molecule has 0 unspecified atom stereocenters. The van der Waals surface area contributed by atoms with E-state index in [0.29, 0.717) is 5.71 Å². The molecule has 0 aliphatic heterocycles. The van der Waals surface area contributed by atoms with Crippen molar-refractivity contribution in [3.05, 3.63) is 0 Å². The first-order chi connectivity index (χ1) is 4.84. The van der Waals surface area contributed by atoms with Crippen LogP contribution in [0.4, 0.5) is 0 Å².